The number of aromatic nitrogens is 3. The van der Waals surface area contributed by atoms with Crippen molar-refractivity contribution in [3.05, 3.63) is 168 Å². The molecule has 1 aliphatic rings. The van der Waals surface area contributed by atoms with E-state index in [4.69, 9.17) is 9.98 Å². The third-order valence-corrected chi connectivity index (χ3v) is 11.4. The number of aromatic carboxylic acids is 2. The first kappa shape index (κ1) is 35.6. The van der Waals surface area contributed by atoms with E-state index in [0.29, 0.717) is 17.4 Å². The van der Waals surface area contributed by atoms with Gasteiger partial charge in [0.2, 0.25) is 0 Å². The summed E-state index contributed by atoms with van der Waals surface area (Å²) in [6.07, 6.45) is 2.02. The number of rotatable bonds is 9. The second kappa shape index (κ2) is 14.0. The van der Waals surface area contributed by atoms with Crippen LogP contribution >= 0.6 is 0 Å². The molecule has 0 atom stereocenters. The van der Waals surface area contributed by atoms with Crippen LogP contribution in [0.3, 0.4) is 0 Å². The predicted octanol–water partition coefficient (Wildman–Crippen LogP) is 11.6. The van der Waals surface area contributed by atoms with Gasteiger partial charge in [0.05, 0.1) is 16.8 Å². The molecular formula is C50H37N5O4. The quantitative estimate of drug-likeness (QED) is 0.135. The number of fused-ring (bicyclic) bond motifs is 6. The van der Waals surface area contributed by atoms with E-state index in [-0.39, 0.29) is 11.1 Å². The van der Waals surface area contributed by atoms with Crippen molar-refractivity contribution < 1.29 is 19.8 Å². The molecule has 0 bridgehead atoms. The van der Waals surface area contributed by atoms with E-state index >= 15 is 0 Å². The Morgan fingerprint density at radius 1 is 0.576 bits per heavy atom. The van der Waals surface area contributed by atoms with Crippen molar-refractivity contribution in [1.29, 1.82) is 0 Å². The van der Waals surface area contributed by atoms with Gasteiger partial charge in [0.25, 0.3) is 0 Å². The number of H-pyrrole nitrogens is 1. The Labute approximate surface area is 338 Å². The number of amidine groups is 1. The number of aryl methyl sites for hydroxylation is 2. The normalized spacial score (nSPS) is 13.6. The van der Waals surface area contributed by atoms with Gasteiger partial charge < -0.3 is 24.3 Å². The van der Waals surface area contributed by atoms with E-state index < -0.39 is 11.9 Å². The highest BCUT2D eigenvalue weighted by Gasteiger charge is 2.23. The molecule has 0 radical (unpaired) electrons. The second-order valence-corrected chi connectivity index (χ2v) is 14.7. The first-order valence-electron chi connectivity index (χ1n) is 19.6. The smallest absolute Gasteiger partial charge is 0.335 e. The number of aliphatic imine (C=N–C) groups is 2. The fourth-order valence-corrected chi connectivity index (χ4v) is 8.57. The molecule has 0 amide bonds. The predicted molar refractivity (Wildman–Crippen MR) is 237 cm³/mol. The summed E-state index contributed by atoms with van der Waals surface area (Å²) in [6.45, 7) is 5.98. The van der Waals surface area contributed by atoms with E-state index in [1.807, 2.05) is 6.08 Å². The number of carboxylic acid groups (broad SMARTS) is 2. The zero-order valence-electron chi connectivity index (χ0n) is 32.3. The molecule has 3 N–H and O–H groups in total. The van der Waals surface area contributed by atoms with E-state index in [2.05, 4.69) is 119 Å². The number of hydrogen-bond donors (Lipinski definition) is 3. The number of para-hydroxylation sites is 2. The summed E-state index contributed by atoms with van der Waals surface area (Å²) >= 11 is 0. The van der Waals surface area contributed by atoms with Crippen molar-refractivity contribution in [3.63, 3.8) is 0 Å². The van der Waals surface area contributed by atoms with Crippen molar-refractivity contribution in [2.24, 2.45) is 9.98 Å². The molecule has 0 fully saturated rings. The molecule has 6 aromatic carbocycles. The van der Waals surface area contributed by atoms with Crippen LogP contribution in [0, 0.1) is 0 Å². The van der Waals surface area contributed by atoms with Crippen molar-refractivity contribution in [1.82, 2.24) is 14.1 Å². The lowest BCUT2D eigenvalue weighted by Crippen LogP contribution is -1.99. The highest BCUT2D eigenvalue weighted by atomic mass is 16.4. The third-order valence-electron chi connectivity index (χ3n) is 11.4. The van der Waals surface area contributed by atoms with Gasteiger partial charge in [-0.05, 0) is 103 Å². The Morgan fingerprint density at radius 3 is 1.63 bits per heavy atom. The number of carboxylic acids is 2. The number of allylic oxidation sites excluding steroid dienone is 1. The molecule has 0 saturated heterocycles. The SMILES string of the molecule is CCn1c2ccccc2c2cc(C3=CC(c4ccc(C(=O)O)cc4)=NC3=Nc3[nH]c(-c4ccc(C(=O)O)cc4)cc3-c3ccc4c(c3)c3ccccc3n4CC)ccc21. The summed E-state index contributed by atoms with van der Waals surface area (Å²) in [6, 6.07) is 45.5. The molecule has 10 rings (SSSR count). The van der Waals surface area contributed by atoms with Gasteiger partial charge >= 0.3 is 11.9 Å². The molecule has 0 unspecified atom stereocenters. The second-order valence-electron chi connectivity index (χ2n) is 14.7. The van der Waals surface area contributed by atoms with Crippen LogP contribution in [0.4, 0.5) is 5.82 Å². The molecule has 0 aliphatic carbocycles. The number of nitrogens with one attached hydrogen (secondary N) is 1. The maximum Gasteiger partial charge on any atom is 0.335 e. The first-order chi connectivity index (χ1) is 28.8. The van der Waals surface area contributed by atoms with Crippen LogP contribution in [-0.4, -0.2) is 47.8 Å². The molecule has 4 heterocycles. The number of nitrogens with zero attached hydrogens (tertiary/aromatic N) is 4. The minimum atomic E-state index is -0.993. The van der Waals surface area contributed by atoms with Gasteiger partial charge in [0.15, 0.2) is 5.84 Å². The summed E-state index contributed by atoms with van der Waals surface area (Å²) in [7, 11) is 0. The zero-order chi connectivity index (χ0) is 40.4. The molecule has 1 aliphatic heterocycles. The van der Waals surface area contributed by atoms with Crippen molar-refractivity contribution >= 4 is 78.5 Å². The number of carbonyl (C=O) groups is 2. The maximum atomic E-state index is 11.7. The number of hydrogen-bond acceptors (Lipinski definition) is 3. The van der Waals surface area contributed by atoms with Crippen LogP contribution in [0.15, 0.2) is 156 Å². The van der Waals surface area contributed by atoms with E-state index in [0.717, 1.165) is 74.0 Å². The molecule has 9 heteroatoms. The van der Waals surface area contributed by atoms with E-state index in [9.17, 15) is 19.8 Å². The lowest BCUT2D eigenvalue weighted by molar-refractivity contribution is 0.0686. The zero-order valence-corrected chi connectivity index (χ0v) is 32.3. The van der Waals surface area contributed by atoms with E-state index in [1.54, 1.807) is 48.5 Å². The summed E-state index contributed by atoms with van der Waals surface area (Å²) in [5, 5.41) is 23.8. The van der Waals surface area contributed by atoms with Crippen LogP contribution in [0.2, 0.25) is 0 Å². The first-order valence-corrected chi connectivity index (χ1v) is 19.6. The van der Waals surface area contributed by atoms with Gasteiger partial charge in [0.1, 0.15) is 5.82 Å². The molecule has 3 aromatic heterocycles. The number of benzene rings is 6. The Kier molecular flexibility index (Phi) is 8.45. The Morgan fingerprint density at radius 2 is 1.07 bits per heavy atom. The molecule has 0 saturated carbocycles. The Bertz CT molecular complexity index is 3280. The minimum absolute atomic E-state index is 0.196. The van der Waals surface area contributed by atoms with Crippen molar-refractivity contribution in [2.75, 3.05) is 0 Å². The summed E-state index contributed by atoms with van der Waals surface area (Å²) in [5.74, 6) is -0.884. The Hall–Kier alpha value is -7.78. The van der Waals surface area contributed by atoms with Crippen LogP contribution < -0.4 is 0 Å². The molecule has 59 heavy (non-hydrogen) atoms. The van der Waals surface area contributed by atoms with Crippen molar-refractivity contribution in [2.45, 2.75) is 26.9 Å². The maximum absolute atomic E-state index is 11.7. The molecule has 9 nitrogen and oxygen atoms in total. The molecule has 0 spiro atoms. The highest BCUT2D eigenvalue weighted by molar-refractivity contribution is 6.38. The van der Waals surface area contributed by atoms with E-state index in [1.165, 1.54) is 21.8 Å². The van der Waals surface area contributed by atoms with Gasteiger partial charge in [-0.15, -0.1) is 0 Å². The van der Waals surface area contributed by atoms with Gasteiger partial charge in [0, 0.05) is 79.1 Å². The fraction of sp³-hybridized carbons (Fsp3) is 0.0800. The number of aromatic amines is 1. The average Bonchev–Trinajstić information content (AvgIpc) is 4.04. The van der Waals surface area contributed by atoms with Crippen molar-refractivity contribution in [3.8, 4) is 22.4 Å². The molecule has 286 valence electrons. The van der Waals surface area contributed by atoms with Crippen LogP contribution in [0.25, 0.3) is 71.6 Å². The summed E-state index contributed by atoms with van der Waals surface area (Å²) in [4.78, 5) is 37.5. The lowest BCUT2D eigenvalue weighted by Gasteiger charge is -2.07. The van der Waals surface area contributed by atoms with Gasteiger partial charge in [-0.2, -0.15) is 0 Å². The largest absolute Gasteiger partial charge is 0.478 e. The fourth-order valence-electron chi connectivity index (χ4n) is 8.57. The standard InChI is InChI=1S/C50H37N5O4/c1-3-54-43-11-7-5-9-35(43)39-25-33(21-23-45(39)54)37-27-41(29-13-17-31(18-14-29)49(56)57)51-47(37)53-48-38(28-42(52-48)30-15-19-32(20-16-30)50(58)59)34-22-24-46-40(26-34)36-10-6-8-12-44(36)55(46)4-2/h5-28,51H,3-4H2,1-2H3,(H,56,57)(H,58,59). The monoisotopic (exact) mass is 771 g/mol. The molecular weight excluding hydrogens is 735 g/mol. The van der Waals surface area contributed by atoms with Crippen LogP contribution in [-0.2, 0) is 13.1 Å². The average molecular weight is 772 g/mol. The highest BCUT2D eigenvalue weighted by Crippen LogP contribution is 2.40. The molecule has 9 aromatic rings. The third kappa shape index (κ3) is 5.94. The van der Waals surface area contributed by atoms with Crippen LogP contribution in [0.5, 0.6) is 0 Å². The summed E-state index contributed by atoms with van der Waals surface area (Å²) < 4.78 is 4.65. The van der Waals surface area contributed by atoms with Crippen LogP contribution in [0.1, 0.15) is 45.7 Å². The van der Waals surface area contributed by atoms with Gasteiger partial charge in [-0.3, -0.25) is 0 Å². The minimum Gasteiger partial charge on any atom is -0.478 e. The van der Waals surface area contributed by atoms with Gasteiger partial charge in [-0.1, -0.05) is 72.8 Å². The lowest BCUT2D eigenvalue weighted by atomic mass is 10.0. The topological polar surface area (TPSA) is 125 Å². The van der Waals surface area contributed by atoms with Gasteiger partial charge in [-0.25, -0.2) is 19.6 Å². The summed E-state index contributed by atoms with van der Waals surface area (Å²) in [5.41, 5.74) is 11.7. The Balaban J connectivity index is 1.18.